The fourth-order valence-electron chi connectivity index (χ4n) is 3.19. The third kappa shape index (κ3) is 4.43. The molecule has 1 atom stereocenters. The van der Waals surface area contributed by atoms with Gasteiger partial charge in [-0.1, -0.05) is 24.6 Å². The molecular weight excluding hydrogens is 392 g/mol. The van der Waals surface area contributed by atoms with Crippen molar-refractivity contribution in [2.45, 2.75) is 39.7 Å². The number of halogens is 1. The predicted molar refractivity (Wildman–Crippen MR) is 113 cm³/mol. The molecular formula is C22H23ClN2O4. The summed E-state index contributed by atoms with van der Waals surface area (Å²) >= 11 is 6.11. The number of carbonyl (C=O) groups is 3. The highest BCUT2D eigenvalue weighted by atomic mass is 35.5. The molecule has 0 spiro atoms. The largest absolute Gasteiger partial charge is 0.479 e. The lowest BCUT2D eigenvalue weighted by Crippen LogP contribution is -2.47. The summed E-state index contributed by atoms with van der Waals surface area (Å²) in [5.41, 5.74) is 2.25. The van der Waals surface area contributed by atoms with E-state index < -0.39 is 6.10 Å². The molecule has 0 fully saturated rings. The van der Waals surface area contributed by atoms with E-state index in [1.54, 1.807) is 50.2 Å². The molecule has 6 nitrogen and oxygen atoms in total. The van der Waals surface area contributed by atoms with Crippen molar-refractivity contribution >= 4 is 40.6 Å². The molecule has 1 aliphatic rings. The maximum atomic E-state index is 12.7. The number of ether oxygens (including phenoxy) is 1. The van der Waals surface area contributed by atoms with Crippen LogP contribution in [0.1, 0.15) is 42.6 Å². The summed E-state index contributed by atoms with van der Waals surface area (Å²) in [5, 5.41) is 3.34. The van der Waals surface area contributed by atoms with Crippen molar-refractivity contribution in [3.8, 4) is 5.75 Å². The van der Waals surface area contributed by atoms with Crippen molar-refractivity contribution in [1.82, 2.24) is 0 Å². The van der Waals surface area contributed by atoms with Gasteiger partial charge < -0.3 is 10.1 Å². The molecule has 7 heteroatoms. The first kappa shape index (κ1) is 20.9. The Morgan fingerprint density at radius 1 is 1.24 bits per heavy atom. The molecule has 29 heavy (non-hydrogen) atoms. The van der Waals surface area contributed by atoms with Crippen molar-refractivity contribution < 1.29 is 19.1 Å². The molecule has 0 saturated carbocycles. The minimum Gasteiger partial charge on any atom is -0.479 e. The maximum absolute atomic E-state index is 12.7. The second-order valence-corrected chi connectivity index (χ2v) is 7.41. The Bertz CT molecular complexity index is 973. The molecule has 1 N–H and O–H groups in total. The summed E-state index contributed by atoms with van der Waals surface area (Å²) < 4.78 is 5.65. The van der Waals surface area contributed by atoms with E-state index in [4.69, 9.17) is 16.3 Å². The number of rotatable bonds is 6. The fraction of sp³-hybridized carbons (Fsp3) is 0.318. The number of nitrogens with one attached hydrogen (secondary N) is 1. The second-order valence-electron chi connectivity index (χ2n) is 7.00. The van der Waals surface area contributed by atoms with Crippen LogP contribution in [0.2, 0.25) is 5.02 Å². The number of hydrogen-bond donors (Lipinski definition) is 1. The van der Waals surface area contributed by atoms with E-state index in [1.807, 2.05) is 6.92 Å². The first-order valence-corrected chi connectivity index (χ1v) is 9.89. The smallest absolute Gasteiger partial charge is 0.268 e. The van der Waals surface area contributed by atoms with Crippen molar-refractivity contribution in [2.75, 3.05) is 16.8 Å². The molecule has 0 aliphatic carbocycles. The number of nitrogens with zero attached hydrogens (tertiary/aromatic N) is 1. The lowest BCUT2D eigenvalue weighted by molar-refractivity contribution is -0.127. The average molecular weight is 415 g/mol. The summed E-state index contributed by atoms with van der Waals surface area (Å²) in [6.07, 6.45) is 0.423. The monoisotopic (exact) mass is 414 g/mol. The van der Waals surface area contributed by atoms with Crippen LogP contribution in [0.5, 0.6) is 5.75 Å². The quantitative estimate of drug-likeness (QED) is 0.711. The first-order chi connectivity index (χ1) is 13.8. The van der Waals surface area contributed by atoms with Crippen LogP contribution in [0.15, 0.2) is 36.4 Å². The summed E-state index contributed by atoms with van der Waals surface area (Å²) in [6.45, 7) is 5.17. The Morgan fingerprint density at radius 3 is 2.72 bits per heavy atom. The van der Waals surface area contributed by atoms with Gasteiger partial charge in [-0.05, 0) is 56.2 Å². The summed E-state index contributed by atoms with van der Waals surface area (Å²) in [6, 6.07) is 10.2. The van der Waals surface area contributed by atoms with E-state index in [-0.39, 0.29) is 24.1 Å². The van der Waals surface area contributed by atoms with Gasteiger partial charge in [-0.2, -0.15) is 0 Å². The third-order valence-electron chi connectivity index (χ3n) is 4.81. The molecule has 2 aromatic rings. The summed E-state index contributed by atoms with van der Waals surface area (Å²) in [5.74, 6) is -0.248. The molecule has 0 radical (unpaired) electrons. The standard InChI is InChI=1S/C22H23ClN2O4/c1-4-6-19(26)15-9-10-20-18(11-15)25(22(28)14(3)29-20)12-21(27)24-17-8-5-7-16(23)13(17)2/h5,7-11,14H,4,6,12H2,1-3H3,(H,24,27). The van der Waals surface area contributed by atoms with Crippen molar-refractivity contribution in [3.05, 3.63) is 52.5 Å². The van der Waals surface area contributed by atoms with Crippen LogP contribution in [-0.4, -0.2) is 30.2 Å². The number of anilines is 2. The number of Topliss-reactive ketones (excluding diaryl/α,β-unsaturated/α-hetero) is 1. The average Bonchev–Trinajstić information content (AvgIpc) is 2.69. The number of fused-ring (bicyclic) bond motifs is 1. The second kappa shape index (κ2) is 8.66. The third-order valence-corrected chi connectivity index (χ3v) is 5.22. The van der Waals surface area contributed by atoms with E-state index in [9.17, 15) is 14.4 Å². The van der Waals surface area contributed by atoms with Crippen LogP contribution in [0.3, 0.4) is 0 Å². The minimum absolute atomic E-state index is 0.0136. The highest BCUT2D eigenvalue weighted by Gasteiger charge is 2.33. The summed E-state index contributed by atoms with van der Waals surface area (Å²) in [4.78, 5) is 39.0. The minimum atomic E-state index is -0.722. The van der Waals surface area contributed by atoms with Gasteiger partial charge in [0.15, 0.2) is 11.9 Å². The topological polar surface area (TPSA) is 75.7 Å². The van der Waals surface area contributed by atoms with Crippen LogP contribution < -0.4 is 15.0 Å². The summed E-state index contributed by atoms with van der Waals surface area (Å²) in [7, 11) is 0. The molecule has 2 amide bonds. The highest BCUT2D eigenvalue weighted by Crippen LogP contribution is 2.35. The predicted octanol–water partition coefficient (Wildman–Crippen LogP) is 4.38. The van der Waals surface area contributed by atoms with Crippen LogP contribution in [0.4, 0.5) is 11.4 Å². The molecule has 1 unspecified atom stereocenters. The molecule has 152 valence electrons. The number of benzene rings is 2. The van der Waals surface area contributed by atoms with Crippen molar-refractivity contribution in [2.24, 2.45) is 0 Å². The van der Waals surface area contributed by atoms with Crippen LogP contribution in [-0.2, 0) is 9.59 Å². The molecule has 0 bridgehead atoms. The molecule has 0 saturated heterocycles. The van der Waals surface area contributed by atoms with E-state index in [2.05, 4.69) is 5.32 Å². The van der Waals surface area contributed by atoms with Gasteiger partial charge >= 0.3 is 0 Å². The molecule has 0 aromatic heterocycles. The Morgan fingerprint density at radius 2 is 2.00 bits per heavy atom. The Balaban J connectivity index is 1.87. The van der Waals surface area contributed by atoms with Gasteiger partial charge in [0, 0.05) is 22.7 Å². The normalized spacial score (nSPS) is 15.5. The number of ketones is 1. The van der Waals surface area contributed by atoms with Crippen LogP contribution in [0, 0.1) is 6.92 Å². The van der Waals surface area contributed by atoms with Gasteiger partial charge in [-0.15, -0.1) is 0 Å². The molecule has 3 rings (SSSR count). The van der Waals surface area contributed by atoms with E-state index in [0.29, 0.717) is 34.1 Å². The SMILES string of the molecule is CCCC(=O)c1ccc2c(c1)N(CC(=O)Nc1cccc(Cl)c1C)C(=O)C(C)O2. The van der Waals surface area contributed by atoms with Gasteiger partial charge in [0.05, 0.1) is 5.69 Å². The molecule has 1 heterocycles. The zero-order valence-corrected chi connectivity index (χ0v) is 17.4. The Kier molecular flexibility index (Phi) is 6.23. The molecule has 2 aromatic carbocycles. The lowest BCUT2D eigenvalue weighted by atomic mass is 10.0. The lowest BCUT2D eigenvalue weighted by Gasteiger charge is -2.33. The fourth-order valence-corrected chi connectivity index (χ4v) is 3.37. The molecule has 1 aliphatic heterocycles. The zero-order valence-electron chi connectivity index (χ0n) is 16.6. The van der Waals surface area contributed by atoms with Gasteiger partial charge in [0.25, 0.3) is 5.91 Å². The Hall–Kier alpha value is -2.86. The number of hydrogen-bond acceptors (Lipinski definition) is 4. The maximum Gasteiger partial charge on any atom is 0.268 e. The number of carbonyl (C=O) groups excluding carboxylic acids is 3. The first-order valence-electron chi connectivity index (χ1n) is 9.52. The van der Waals surface area contributed by atoms with Crippen LogP contribution >= 0.6 is 11.6 Å². The van der Waals surface area contributed by atoms with E-state index >= 15 is 0 Å². The van der Waals surface area contributed by atoms with Gasteiger partial charge in [-0.25, -0.2) is 0 Å². The van der Waals surface area contributed by atoms with E-state index in [0.717, 1.165) is 12.0 Å². The van der Waals surface area contributed by atoms with Gasteiger partial charge in [-0.3, -0.25) is 19.3 Å². The van der Waals surface area contributed by atoms with Gasteiger partial charge in [0.2, 0.25) is 5.91 Å². The Labute approximate surface area is 174 Å². The van der Waals surface area contributed by atoms with Crippen molar-refractivity contribution in [3.63, 3.8) is 0 Å². The van der Waals surface area contributed by atoms with E-state index in [1.165, 1.54) is 4.90 Å². The van der Waals surface area contributed by atoms with Gasteiger partial charge in [0.1, 0.15) is 12.3 Å². The van der Waals surface area contributed by atoms with Crippen molar-refractivity contribution in [1.29, 1.82) is 0 Å². The highest BCUT2D eigenvalue weighted by molar-refractivity contribution is 6.31. The zero-order chi connectivity index (χ0) is 21.1. The van der Waals surface area contributed by atoms with Crippen LogP contribution in [0.25, 0.3) is 0 Å². The number of amides is 2.